The van der Waals surface area contributed by atoms with Crippen molar-refractivity contribution in [2.75, 3.05) is 12.5 Å². The number of ether oxygens (including phenoxy) is 1. The number of carbonyl (C=O) groups excluding carboxylic acids is 2. The molecule has 1 amide bonds. The molecule has 2 aromatic carbocycles. The summed E-state index contributed by atoms with van der Waals surface area (Å²) in [6, 6.07) is 17.8. The number of methoxy groups -OCH3 is 1. The Balaban J connectivity index is 1.77. The van der Waals surface area contributed by atoms with Gasteiger partial charge in [-0.1, -0.05) is 18.2 Å². The van der Waals surface area contributed by atoms with E-state index in [9.17, 15) is 9.59 Å². The summed E-state index contributed by atoms with van der Waals surface area (Å²) < 4.78 is 6.43. The highest BCUT2D eigenvalue weighted by Crippen LogP contribution is 2.16. The number of benzene rings is 2. The molecule has 0 fully saturated rings. The molecule has 6 heteroatoms. The van der Waals surface area contributed by atoms with E-state index in [1.165, 1.54) is 7.11 Å². The van der Waals surface area contributed by atoms with Crippen LogP contribution in [0.4, 0.5) is 5.69 Å². The average Bonchev–Trinajstić information content (AvgIpc) is 3.00. The zero-order valence-electron chi connectivity index (χ0n) is 16.0. The number of nitrogens with zero attached hydrogens (tertiary/aromatic N) is 2. The van der Waals surface area contributed by atoms with Crippen molar-refractivity contribution >= 4 is 23.8 Å². The van der Waals surface area contributed by atoms with Crippen LogP contribution in [0.2, 0.25) is 0 Å². The Morgan fingerprint density at radius 3 is 2.32 bits per heavy atom. The lowest BCUT2D eigenvalue weighted by atomic mass is 10.2. The molecule has 0 spiro atoms. The quantitative estimate of drug-likeness (QED) is 0.541. The van der Waals surface area contributed by atoms with Crippen LogP contribution in [0, 0.1) is 13.8 Å². The largest absolute Gasteiger partial charge is 0.465 e. The van der Waals surface area contributed by atoms with E-state index < -0.39 is 0 Å². The molecule has 0 saturated carbocycles. The second kappa shape index (κ2) is 8.35. The monoisotopic (exact) mass is 375 g/mol. The molecular weight excluding hydrogens is 354 g/mol. The fourth-order valence-corrected chi connectivity index (χ4v) is 2.79. The number of amides is 1. The normalized spacial score (nSPS) is 10.8. The Labute approximate surface area is 163 Å². The number of hydrogen-bond acceptors (Lipinski definition) is 4. The van der Waals surface area contributed by atoms with Crippen molar-refractivity contribution in [1.29, 1.82) is 0 Å². The second-order valence-electron chi connectivity index (χ2n) is 6.27. The van der Waals surface area contributed by atoms with Gasteiger partial charge >= 0.3 is 5.97 Å². The van der Waals surface area contributed by atoms with E-state index in [0.717, 1.165) is 17.0 Å². The predicted octanol–water partition coefficient (Wildman–Crippen LogP) is 4.03. The highest BCUT2D eigenvalue weighted by molar-refractivity contribution is 6.00. The van der Waals surface area contributed by atoms with Crippen molar-refractivity contribution in [3.8, 4) is 0 Å². The summed E-state index contributed by atoms with van der Waals surface area (Å²) in [6.07, 6.45) is 1.74. The van der Waals surface area contributed by atoms with Gasteiger partial charge in [0.05, 0.1) is 18.4 Å². The van der Waals surface area contributed by atoms with Crippen molar-refractivity contribution in [2.45, 2.75) is 13.8 Å². The molecule has 1 aromatic heterocycles. The number of aryl methyl sites for hydroxylation is 1. The predicted molar refractivity (Wildman–Crippen MR) is 109 cm³/mol. The van der Waals surface area contributed by atoms with Gasteiger partial charge in [-0.25, -0.2) is 4.79 Å². The number of esters is 1. The van der Waals surface area contributed by atoms with Gasteiger partial charge in [0.15, 0.2) is 0 Å². The molecule has 0 aliphatic rings. The average molecular weight is 375 g/mol. The Bertz CT molecular complexity index is 1020. The van der Waals surface area contributed by atoms with E-state index in [2.05, 4.69) is 15.2 Å². The van der Waals surface area contributed by atoms with Crippen LogP contribution in [0.3, 0.4) is 0 Å². The van der Waals surface area contributed by atoms with Crippen LogP contribution >= 0.6 is 0 Å². The lowest BCUT2D eigenvalue weighted by molar-refractivity contribution is 0.0600. The minimum atomic E-state index is -0.381. The Morgan fingerprint density at radius 1 is 1.00 bits per heavy atom. The van der Waals surface area contributed by atoms with Crippen molar-refractivity contribution in [3.05, 3.63) is 88.7 Å². The first kappa shape index (κ1) is 19.1. The maximum atomic E-state index is 12.4. The standard InChI is InChI=1S/C22H21N3O3/c1-15-13-19(14-23-20-11-9-18(10-12-20)22(27)28-3)16(2)25(15)24-21(26)17-7-5-4-6-8-17/h4-14H,1-3H3,(H,24,26). The van der Waals surface area contributed by atoms with Gasteiger partial charge in [0.1, 0.15) is 0 Å². The Hall–Kier alpha value is -3.67. The summed E-state index contributed by atoms with van der Waals surface area (Å²) in [5.41, 5.74) is 7.34. The maximum absolute atomic E-state index is 12.4. The van der Waals surface area contributed by atoms with Gasteiger partial charge in [0.2, 0.25) is 0 Å². The van der Waals surface area contributed by atoms with E-state index in [-0.39, 0.29) is 11.9 Å². The molecule has 3 aromatic rings. The lowest BCUT2D eigenvalue weighted by Crippen LogP contribution is -2.24. The summed E-state index contributed by atoms with van der Waals surface area (Å²) in [5, 5.41) is 0. The molecular formula is C22H21N3O3. The molecule has 0 radical (unpaired) electrons. The van der Waals surface area contributed by atoms with Gasteiger partial charge in [0.25, 0.3) is 5.91 Å². The van der Waals surface area contributed by atoms with Crippen LogP contribution in [0.15, 0.2) is 65.7 Å². The third kappa shape index (κ3) is 4.17. The van der Waals surface area contributed by atoms with Crippen molar-refractivity contribution in [3.63, 3.8) is 0 Å². The van der Waals surface area contributed by atoms with Crippen LogP contribution in [-0.2, 0) is 4.74 Å². The van der Waals surface area contributed by atoms with Crippen LogP contribution in [0.1, 0.15) is 37.7 Å². The third-order valence-corrected chi connectivity index (χ3v) is 4.36. The minimum Gasteiger partial charge on any atom is -0.465 e. The Morgan fingerprint density at radius 2 is 1.68 bits per heavy atom. The molecule has 0 aliphatic carbocycles. The van der Waals surface area contributed by atoms with Gasteiger partial charge < -0.3 is 4.74 Å². The molecule has 0 aliphatic heterocycles. The number of aromatic nitrogens is 1. The zero-order valence-corrected chi connectivity index (χ0v) is 16.0. The maximum Gasteiger partial charge on any atom is 0.337 e. The molecule has 28 heavy (non-hydrogen) atoms. The fraction of sp³-hybridized carbons (Fsp3) is 0.136. The SMILES string of the molecule is COC(=O)c1ccc(N=Cc2cc(C)n(NC(=O)c3ccccc3)c2C)cc1. The van der Waals surface area contributed by atoms with Crippen LogP contribution in [0.5, 0.6) is 0 Å². The first-order chi connectivity index (χ1) is 13.5. The molecule has 3 rings (SSSR count). The van der Waals surface area contributed by atoms with Crippen LogP contribution in [0.25, 0.3) is 0 Å². The van der Waals surface area contributed by atoms with Crippen LogP contribution in [-0.4, -0.2) is 29.9 Å². The number of nitrogens with one attached hydrogen (secondary N) is 1. The summed E-state index contributed by atoms with van der Waals surface area (Å²) >= 11 is 0. The van der Waals surface area contributed by atoms with E-state index in [1.807, 2.05) is 38.1 Å². The van der Waals surface area contributed by atoms with Gasteiger partial charge in [0, 0.05) is 28.7 Å². The van der Waals surface area contributed by atoms with Crippen molar-refractivity contribution in [1.82, 2.24) is 4.68 Å². The van der Waals surface area contributed by atoms with Crippen molar-refractivity contribution in [2.24, 2.45) is 4.99 Å². The molecule has 0 atom stereocenters. The highest BCUT2D eigenvalue weighted by Gasteiger charge is 2.11. The number of carbonyl (C=O) groups is 2. The molecule has 1 N–H and O–H groups in total. The van der Waals surface area contributed by atoms with Gasteiger partial charge in [-0.3, -0.25) is 19.9 Å². The molecule has 0 saturated heterocycles. The topological polar surface area (TPSA) is 72.7 Å². The van der Waals surface area contributed by atoms with Gasteiger partial charge in [-0.2, -0.15) is 0 Å². The van der Waals surface area contributed by atoms with Gasteiger partial charge in [-0.05, 0) is 56.3 Å². The van der Waals surface area contributed by atoms with E-state index in [0.29, 0.717) is 16.8 Å². The summed E-state index contributed by atoms with van der Waals surface area (Å²) in [5.74, 6) is -0.558. The van der Waals surface area contributed by atoms with E-state index in [4.69, 9.17) is 0 Å². The summed E-state index contributed by atoms with van der Waals surface area (Å²) in [7, 11) is 1.35. The number of hydrogen-bond donors (Lipinski definition) is 1. The summed E-state index contributed by atoms with van der Waals surface area (Å²) in [4.78, 5) is 28.3. The zero-order chi connectivity index (χ0) is 20.1. The molecule has 0 bridgehead atoms. The molecule has 6 nitrogen and oxygen atoms in total. The van der Waals surface area contributed by atoms with Gasteiger partial charge in [-0.15, -0.1) is 0 Å². The highest BCUT2D eigenvalue weighted by atomic mass is 16.5. The molecule has 142 valence electrons. The first-order valence-electron chi connectivity index (χ1n) is 8.77. The van der Waals surface area contributed by atoms with E-state index in [1.54, 1.807) is 47.3 Å². The smallest absolute Gasteiger partial charge is 0.337 e. The summed E-state index contributed by atoms with van der Waals surface area (Å²) in [6.45, 7) is 3.83. The molecule has 0 unspecified atom stereocenters. The van der Waals surface area contributed by atoms with Crippen molar-refractivity contribution < 1.29 is 14.3 Å². The third-order valence-electron chi connectivity index (χ3n) is 4.36. The number of rotatable bonds is 5. The second-order valence-corrected chi connectivity index (χ2v) is 6.27. The molecule has 1 heterocycles. The first-order valence-corrected chi connectivity index (χ1v) is 8.77. The van der Waals surface area contributed by atoms with E-state index >= 15 is 0 Å². The Kier molecular flexibility index (Phi) is 5.69. The minimum absolute atomic E-state index is 0.177. The van der Waals surface area contributed by atoms with Crippen LogP contribution < -0.4 is 5.43 Å². The number of aliphatic imine (C=N–C) groups is 1. The fourth-order valence-electron chi connectivity index (χ4n) is 2.79. The lowest BCUT2D eigenvalue weighted by Gasteiger charge is -2.11.